The maximum atomic E-state index is 13.5. The van der Waals surface area contributed by atoms with Gasteiger partial charge in [0.15, 0.2) is 0 Å². The molecule has 0 spiro atoms. The molecule has 9 heteroatoms. The Morgan fingerprint density at radius 3 is 2.43 bits per heavy atom. The van der Waals surface area contributed by atoms with Crippen LogP contribution in [0.3, 0.4) is 0 Å². The third-order valence-corrected chi connectivity index (χ3v) is 7.28. The Balaban J connectivity index is 1.43. The van der Waals surface area contributed by atoms with Crippen LogP contribution in [-0.4, -0.2) is 33.5 Å². The van der Waals surface area contributed by atoms with Crippen LogP contribution < -0.4 is 10.2 Å². The molecule has 1 fully saturated rings. The predicted octanol–water partition coefficient (Wildman–Crippen LogP) is 5.10. The summed E-state index contributed by atoms with van der Waals surface area (Å²) in [6, 6.07) is 23.4. The van der Waals surface area contributed by atoms with Gasteiger partial charge in [-0.3, -0.25) is 24.2 Å². The van der Waals surface area contributed by atoms with E-state index in [4.69, 9.17) is 23.8 Å². The van der Waals surface area contributed by atoms with E-state index >= 15 is 0 Å². The summed E-state index contributed by atoms with van der Waals surface area (Å²) >= 11 is 12.6. The van der Waals surface area contributed by atoms with Crippen LogP contribution in [0.4, 0.5) is 11.4 Å². The summed E-state index contributed by atoms with van der Waals surface area (Å²) in [6.45, 7) is 0.111. The normalized spacial score (nSPS) is 17.2. The second kappa shape index (κ2) is 9.65. The van der Waals surface area contributed by atoms with Crippen LogP contribution in [0, 0.1) is 0 Å². The topological polar surface area (TPSA) is 69.7 Å². The third kappa shape index (κ3) is 4.60. The zero-order valence-electron chi connectivity index (χ0n) is 18.2. The monoisotopic (exact) mass is 519 g/mol. The van der Waals surface area contributed by atoms with E-state index in [2.05, 4.69) is 5.32 Å². The first-order valence-corrected chi connectivity index (χ1v) is 12.3. The predicted molar refractivity (Wildman–Crippen MR) is 143 cm³/mol. The van der Waals surface area contributed by atoms with Gasteiger partial charge in [-0.15, -0.1) is 0 Å². The third-order valence-electron chi connectivity index (χ3n) is 5.59. The van der Waals surface area contributed by atoms with Gasteiger partial charge in [0.1, 0.15) is 10.9 Å². The second-order valence-electron chi connectivity index (χ2n) is 7.92. The number of anilines is 2. The number of benzene rings is 3. The number of thioether (sulfide) groups is 1. The first-order valence-electron chi connectivity index (χ1n) is 10.7. The Labute approximate surface area is 216 Å². The largest absolute Gasteiger partial charge is 0.324 e. The number of fused-ring (bicyclic) bond motifs is 1. The number of hydrogen-bond acceptors (Lipinski definition) is 5. The van der Waals surface area contributed by atoms with E-state index < -0.39 is 5.91 Å². The van der Waals surface area contributed by atoms with E-state index in [1.165, 1.54) is 9.80 Å². The van der Waals surface area contributed by atoms with Gasteiger partial charge in [-0.05, 0) is 29.8 Å². The molecule has 5 rings (SSSR count). The number of amides is 3. The van der Waals surface area contributed by atoms with Crippen LogP contribution in [0.1, 0.15) is 11.1 Å². The van der Waals surface area contributed by atoms with Gasteiger partial charge in [-0.2, -0.15) is 0 Å². The molecule has 1 saturated heterocycles. The van der Waals surface area contributed by atoms with Crippen LogP contribution in [0.2, 0.25) is 5.02 Å². The number of para-hydroxylation sites is 1. The van der Waals surface area contributed by atoms with Crippen molar-refractivity contribution in [3.63, 3.8) is 0 Å². The van der Waals surface area contributed by atoms with Gasteiger partial charge in [0.25, 0.3) is 11.8 Å². The van der Waals surface area contributed by atoms with E-state index in [1.54, 1.807) is 48.5 Å². The minimum Gasteiger partial charge on any atom is -0.324 e. The van der Waals surface area contributed by atoms with Crippen LogP contribution in [0.5, 0.6) is 0 Å². The highest BCUT2D eigenvalue weighted by molar-refractivity contribution is 8.26. The Bertz CT molecular complexity index is 1410. The van der Waals surface area contributed by atoms with Gasteiger partial charge in [0.05, 0.1) is 22.7 Å². The molecule has 2 aliphatic rings. The zero-order chi connectivity index (χ0) is 24.5. The maximum absolute atomic E-state index is 13.5. The highest BCUT2D eigenvalue weighted by Gasteiger charge is 2.42. The number of halogens is 1. The molecule has 6 nitrogen and oxygen atoms in total. The minimum atomic E-state index is -0.410. The molecule has 3 aromatic rings. The molecule has 1 N–H and O–H groups in total. The molecule has 0 aromatic heterocycles. The summed E-state index contributed by atoms with van der Waals surface area (Å²) in [4.78, 5) is 42.8. The Morgan fingerprint density at radius 2 is 1.66 bits per heavy atom. The number of carbonyl (C=O) groups excluding carboxylic acids is 3. The van der Waals surface area contributed by atoms with E-state index in [-0.39, 0.29) is 28.8 Å². The first-order chi connectivity index (χ1) is 16.9. The molecular formula is C26H18ClN3O3S2. The van der Waals surface area contributed by atoms with Gasteiger partial charge in [-0.25, -0.2) is 0 Å². The summed E-state index contributed by atoms with van der Waals surface area (Å²) in [5, 5.41) is 3.25. The molecule has 3 aromatic carbocycles. The van der Waals surface area contributed by atoms with E-state index in [9.17, 15) is 14.4 Å². The van der Waals surface area contributed by atoms with Crippen molar-refractivity contribution in [1.82, 2.24) is 4.90 Å². The van der Waals surface area contributed by atoms with Gasteiger partial charge in [0, 0.05) is 16.3 Å². The Hall–Kier alpha value is -3.46. The molecule has 174 valence electrons. The molecule has 3 amide bonds. The lowest BCUT2D eigenvalue weighted by Crippen LogP contribution is -2.35. The number of rotatable bonds is 5. The first kappa shape index (κ1) is 23.3. The molecule has 0 bridgehead atoms. The fraction of sp³-hybridized carbons (Fsp3) is 0.0769. The second-order valence-corrected chi connectivity index (χ2v) is 10.00. The van der Waals surface area contributed by atoms with Crippen molar-refractivity contribution in [2.24, 2.45) is 0 Å². The molecule has 0 aliphatic carbocycles. The van der Waals surface area contributed by atoms with E-state index in [0.29, 0.717) is 32.8 Å². The smallest absolute Gasteiger partial charge is 0.267 e. The average molecular weight is 520 g/mol. The van der Waals surface area contributed by atoms with Crippen LogP contribution >= 0.6 is 35.6 Å². The van der Waals surface area contributed by atoms with Gasteiger partial charge >= 0.3 is 0 Å². The lowest BCUT2D eigenvalue weighted by molar-refractivity contribution is -0.122. The summed E-state index contributed by atoms with van der Waals surface area (Å²) in [5.74, 6) is -1.10. The molecule has 0 radical (unpaired) electrons. The maximum Gasteiger partial charge on any atom is 0.267 e. The van der Waals surface area contributed by atoms with Gasteiger partial charge in [0.2, 0.25) is 5.91 Å². The molecule has 2 aliphatic heterocycles. The van der Waals surface area contributed by atoms with E-state index in [1.807, 2.05) is 30.3 Å². The summed E-state index contributed by atoms with van der Waals surface area (Å²) in [7, 11) is 0. The number of nitrogens with zero attached hydrogens (tertiary/aromatic N) is 2. The average Bonchev–Trinajstić information content (AvgIpc) is 3.27. The van der Waals surface area contributed by atoms with Gasteiger partial charge in [-0.1, -0.05) is 90.2 Å². The van der Waals surface area contributed by atoms with Crippen molar-refractivity contribution >= 4 is 74.6 Å². The van der Waals surface area contributed by atoms with Crippen molar-refractivity contribution in [3.8, 4) is 0 Å². The fourth-order valence-corrected chi connectivity index (χ4v) is 5.54. The van der Waals surface area contributed by atoms with Crippen molar-refractivity contribution in [2.75, 3.05) is 16.8 Å². The van der Waals surface area contributed by atoms with Crippen molar-refractivity contribution in [3.05, 3.63) is 99.9 Å². The fourth-order valence-electron chi connectivity index (χ4n) is 4.02. The number of hydrogen-bond donors (Lipinski definition) is 1. The van der Waals surface area contributed by atoms with Crippen molar-refractivity contribution in [1.29, 1.82) is 0 Å². The molecule has 0 atom stereocenters. The summed E-state index contributed by atoms with van der Waals surface area (Å²) in [5.41, 5.74) is 2.91. The van der Waals surface area contributed by atoms with Crippen LogP contribution in [0.15, 0.2) is 83.8 Å². The Morgan fingerprint density at radius 1 is 0.914 bits per heavy atom. The SMILES string of the molecule is O=C(CN1C(=O)/C(=C2\SC(=S)N(Cc3ccccc3)C2=O)c2ccccc21)Nc1cccc(Cl)c1. The standard InChI is InChI=1S/C26H18ClN3O3S2/c27-17-9-6-10-18(13-17)28-21(31)15-29-20-12-5-4-11-19(20)22(24(29)32)23-25(33)30(26(34)35-23)14-16-7-2-1-3-8-16/h1-13H,14-15H2,(H,28,31)/b23-22-. The van der Waals surface area contributed by atoms with Crippen LogP contribution in [-0.2, 0) is 20.9 Å². The lowest BCUT2D eigenvalue weighted by Gasteiger charge is -2.17. The van der Waals surface area contributed by atoms with Crippen molar-refractivity contribution in [2.45, 2.75) is 6.54 Å². The van der Waals surface area contributed by atoms with E-state index in [0.717, 1.165) is 17.3 Å². The molecule has 0 unspecified atom stereocenters. The van der Waals surface area contributed by atoms with Crippen LogP contribution in [0.25, 0.3) is 5.57 Å². The Kier molecular flexibility index (Phi) is 6.42. The number of nitrogens with one attached hydrogen (secondary N) is 1. The highest BCUT2D eigenvalue weighted by Crippen LogP contribution is 2.44. The quantitative estimate of drug-likeness (QED) is 0.375. The zero-order valence-corrected chi connectivity index (χ0v) is 20.6. The summed E-state index contributed by atoms with van der Waals surface area (Å²) in [6.07, 6.45) is 0. The molecule has 35 heavy (non-hydrogen) atoms. The lowest BCUT2D eigenvalue weighted by atomic mass is 10.1. The molecule has 0 saturated carbocycles. The minimum absolute atomic E-state index is 0.212. The van der Waals surface area contributed by atoms with Gasteiger partial charge < -0.3 is 5.32 Å². The number of carbonyl (C=O) groups is 3. The number of thiocarbonyl (C=S) groups is 1. The summed E-state index contributed by atoms with van der Waals surface area (Å²) < 4.78 is 0.392. The highest BCUT2D eigenvalue weighted by atomic mass is 35.5. The van der Waals surface area contributed by atoms with Crippen molar-refractivity contribution < 1.29 is 14.4 Å². The molecule has 2 heterocycles. The molecular weight excluding hydrogens is 502 g/mol.